The lowest BCUT2D eigenvalue weighted by Crippen LogP contribution is -2.22. The molecule has 0 atom stereocenters. The molecule has 0 spiro atoms. The lowest BCUT2D eigenvalue weighted by atomic mass is 9.94. The molecular formula is C17H27FOSi. The molecule has 20 heavy (non-hydrogen) atoms. The fourth-order valence-electron chi connectivity index (χ4n) is 3.35. The van der Waals surface area contributed by atoms with Crippen molar-refractivity contribution in [2.45, 2.75) is 50.2 Å². The van der Waals surface area contributed by atoms with Crippen LogP contribution in [0.15, 0.2) is 24.3 Å². The van der Waals surface area contributed by atoms with Crippen molar-refractivity contribution >= 4 is 8.80 Å². The van der Waals surface area contributed by atoms with E-state index in [1.165, 1.54) is 49.4 Å². The molecule has 112 valence electrons. The Bertz CT molecular complexity index is 371. The Hall–Kier alpha value is -0.673. The van der Waals surface area contributed by atoms with Crippen molar-refractivity contribution < 1.29 is 9.13 Å². The molecular weight excluding hydrogens is 267 g/mol. The van der Waals surface area contributed by atoms with Crippen LogP contribution < -0.4 is 0 Å². The van der Waals surface area contributed by atoms with Gasteiger partial charge in [0.15, 0.2) is 0 Å². The number of hydrogen-bond acceptors (Lipinski definition) is 1. The molecule has 0 aromatic heterocycles. The van der Waals surface area contributed by atoms with E-state index >= 15 is 0 Å². The Labute approximate surface area is 124 Å². The van der Waals surface area contributed by atoms with Crippen LogP contribution in [-0.4, -0.2) is 22.5 Å². The van der Waals surface area contributed by atoms with Gasteiger partial charge in [-0.15, -0.1) is 0 Å². The summed E-state index contributed by atoms with van der Waals surface area (Å²) < 4.78 is 18.0. The van der Waals surface area contributed by atoms with Crippen LogP contribution >= 0.6 is 0 Å². The van der Waals surface area contributed by atoms with Gasteiger partial charge in [-0.25, -0.2) is 4.39 Å². The molecule has 0 unspecified atom stereocenters. The number of halogens is 1. The van der Waals surface area contributed by atoms with Crippen LogP contribution in [0.4, 0.5) is 4.39 Å². The predicted octanol–water partition coefficient (Wildman–Crippen LogP) is 4.43. The summed E-state index contributed by atoms with van der Waals surface area (Å²) in [6.45, 7) is 0.942. The highest BCUT2D eigenvalue weighted by atomic mass is 28.3. The van der Waals surface area contributed by atoms with E-state index in [4.69, 9.17) is 4.74 Å². The van der Waals surface area contributed by atoms with Crippen LogP contribution in [0, 0.1) is 11.7 Å². The van der Waals surface area contributed by atoms with E-state index in [0.717, 1.165) is 18.9 Å². The second kappa shape index (κ2) is 8.58. The van der Waals surface area contributed by atoms with Gasteiger partial charge in [0.05, 0.1) is 0 Å². The van der Waals surface area contributed by atoms with Crippen LogP contribution in [-0.2, 0) is 11.2 Å². The lowest BCUT2D eigenvalue weighted by Gasteiger charge is -2.27. The number of methoxy groups -OCH3 is 1. The Morgan fingerprint density at radius 1 is 1.20 bits per heavy atom. The first-order chi connectivity index (χ1) is 9.78. The third-order valence-electron chi connectivity index (χ3n) is 4.68. The van der Waals surface area contributed by atoms with Crippen molar-refractivity contribution in [3.63, 3.8) is 0 Å². The topological polar surface area (TPSA) is 9.23 Å². The van der Waals surface area contributed by atoms with E-state index < -0.39 is 8.80 Å². The van der Waals surface area contributed by atoms with Gasteiger partial charge in [0.25, 0.3) is 0 Å². The Morgan fingerprint density at radius 3 is 2.55 bits per heavy atom. The first kappa shape index (κ1) is 15.7. The molecule has 0 N–H and O–H groups in total. The fraction of sp³-hybridized carbons (Fsp3) is 0.647. The minimum Gasteiger partial charge on any atom is -0.385 e. The lowest BCUT2D eigenvalue weighted by molar-refractivity contribution is 0.199. The molecule has 1 fully saturated rings. The summed E-state index contributed by atoms with van der Waals surface area (Å²) in [6, 6.07) is 11.5. The van der Waals surface area contributed by atoms with Gasteiger partial charge in [-0.3, -0.25) is 0 Å². The van der Waals surface area contributed by atoms with Gasteiger partial charge in [0.2, 0.25) is 0 Å². The smallest absolute Gasteiger partial charge is 0.123 e. The highest BCUT2D eigenvalue weighted by molar-refractivity contribution is 6.58. The zero-order chi connectivity index (χ0) is 14.2. The first-order valence-electron chi connectivity index (χ1n) is 8.01. The summed E-state index contributed by atoms with van der Waals surface area (Å²) in [5, 5.41) is 0. The molecule has 0 saturated carbocycles. The zero-order valence-electron chi connectivity index (χ0n) is 12.6. The Morgan fingerprint density at radius 2 is 1.90 bits per heavy atom. The van der Waals surface area contributed by atoms with E-state index in [9.17, 15) is 4.39 Å². The second-order valence-corrected chi connectivity index (χ2v) is 9.65. The van der Waals surface area contributed by atoms with E-state index in [1.807, 2.05) is 12.1 Å². The number of ether oxygens (including phenoxy) is 1. The van der Waals surface area contributed by atoms with Gasteiger partial charge >= 0.3 is 0 Å². The number of rotatable bonds is 7. The van der Waals surface area contributed by atoms with Crippen molar-refractivity contribution in [1.82, 2.24) is 0 Å². The fourth-order valence-corrected chi connectivity index (χ4v) is 6.84. The molecule has 0 radical (unpaired) electrons. The summed E-state index contributed by atoms with van der Waals surface area (Å²) in [7, 11) is 1.37. The minimum absolute atomic E-state index is 0.128. The van der Waals surface area contributed by atoms with E-state index in [0.29, 0.717) is 0 Å². The average Bonchev–Trinajstić information content (AvgIpc) is 2.48. The van der Waals surface area contributed by atoms with Crippen molar-refractivity contribution in [2.75, 3.05) is 13.7 Å². The van der Waals surface area contributed by atoms with Gasteiger partial charge in [-0.2, -0.15) is 0 Å². The summed E-state index contributed by atoms with van der Waals surface area (Å²) in [4.78, 5) is 0. The van der Waals surface area contributed by atoms with Crippen LogP contribution in [0.3, 0.4) is 0 Å². The highest BCUT2D eigenvalue weighted by Crippen LogP contribution is 2.30. The maximum Gasteiger partial charge on any atom is 0.123 e. The SMILES string of the molecule is COCCC[SiH]1CCC(CCc2ccc(F)cc2)CC1. The molecule has 0 amide bonds. The summed E-state index contributed by atoms with van der Waals surface area (Å²) >= 11 is 0. The largest absolute Gasteiger partial charge is 0.385 e. The highest BCUT2D eigenvalue weighted by Gasteiger charge is 2.21. The van der Waals surface area contributed by atoms with Crippen LogP contribution in [0.5, 0.6) is 0 Å². The van der Waals surface area contributed by atoms with Crippen LogP contribution in [0.25, 0.3) is 0 Å². The van der Waals surface area contributed by atoms with E-state index in [2.05, 4.69) is 0 Å². The van der Waals surface area contributed by atoms with Gasteiger partial charge in [-0.1, -0.05) is 43.1 Å². The molecule has 1 aromatic rings. The molecule has 3 heteroatoms. The van der Waals surface area contributed by atoms with Crippen molar-refractivity contribution in [3.05, 3.63) is 35.6 Å². The molecule has 2 rings (SSSR count). The second-order valence-electron chi connectivity index (χ2n) is 6.19. The molecule has 1 nitrogen and oxygen atoms in total. The average molecular weight is 294 g/mol. The van der Waals surface area contributed by atoms with E-state index in [-0.39, 0.29) is 5.82 Å². The van der Waals surface area contributed by atoms with Gasteiger partial charge < -0.3 is 4.74 Å². The molecule has 1 aromatic carbocycles. The monoisotopic (exact) mass is 294 g/mol. The van der Waals surface area contributed by atoms with Crippen LogP contribution in [0.1, 0.15) is 31.2 Å². The van der Waals surface area contributed by atoms with E-state index in [1.54, 1.807) is 19.2 Å². The minimum atomic E-state index is -0.431. The van der Waals surface area contributed by atoms with Crippen molar-refractivity contribution in [2.24, 2.45) is 5.92 Å². The predicted molar refractivity (Wildman–Crippen MR) is 85.5 cm³/mol. The van der Waals surface area contributed by atoms with Gasteiger partial charge in [0, 0.05) is 22.5 Å². The van der Waals surface area contributed by atoms with Gasteiger partial charge in [-0.05, 0) is 42.9 Å². The molecule has 1 heterocycles. The molecule has 0 bridgehead atoms. The maximum absolute atomic E-state index is 12.8. The van der Waals surface area contributed by atoms with Crippen molar-refractivity contribution in [1.29, 1.82) is 0 Å². The Kier molecular flexibility index (Phi) is 6.74. The zero-order valence-corrected chi connectivity index (χ0v) is 13.8. The molecule has 0 aliphatic carbocycles. The maximum atomic E-state index is 12.8. The third kappa shape index (κ3) is 5.37. The van der Waals surface area contributed by atoms with Crippen molar-refractivity contribution in [3.8, 4) is 0 Å². The van der Waals surface area contributed by atoms with Gasteiger partial charge in [0.1, 0.15) is 5.82 Å². The standard InChI is InChI=1S/C17H27FOSi/c1-19-11-2-12-20-13-9-16(10-14-20)4-3-15-5-7-17(18)8-6-15/h5-8,16,20H,2-4,9-14H2,1H3. The number of hydrogen-bond donors (Lipinski definition) is 0. The summed E-state index contributed by atoms with van der Waals surface area (Å²) in [6.07, 6.45) is 6.54. The molecule has 1 aliphatic rings. The molecule has 1 saturated heterocycles. The Balaban J connectivity index is 1.63. The third-order valence-corrected chi connectivity index (χ3v) is 8.21. The summed E-state index contributed by atoms with van der Waals surface area (Å²) in [5.74, 6) is 0.780. The normalized spacial score (nSPS) is 22.9. The van der Waals surface area contributed by atoms with Crippen LogP contribution in [0.2, 0.25) is 18.1 Å². The first-order valence-corrected chi connectivity index (χ1v) is 10.5. The number of benzene rings is 1. The molecule has 1 aliphatic heterocycles. The number of aryl methyl sites for hydroxylation is 1. The quantitative estimate of drug-likeness (QED) is 0.534. The summed E-state index contributed by atoms with van der Waals surface area (Å²) in [5.41, 5.74) is 1.28.